The van der Waals surface area contributed by atoms with Gasteiger partial charge in [0, 0.05) is 18.3 Å². The molecule has 3 unspecified atom stereocenters. The van der Waals surface area contributed by atoms with Crippen LogP contribution >= 0.6 is 11.8 Å². The van der Waals surface area contributed by atoms with Crippen LogP contribution < -0.4 is 0 Å². The molecule has 2 aliphatic rings. The first kappa shape index (κ1) is 13.3. The van der Waals surface area contributed by atoms with Crippen molar-refractivity contribution in [2.45, 2.75) is 58.4 Å². The summed E-state index contributed by atoms with van der Waals surface area (Å²) < 4.78 is 0. The van der Waals surface area contributed by atoms with E-state index < -0.39 is 0 Å². The van der Waals surface area contributed by atoms with E-state index in [2.05, 4.69) is 18.7 Å². The molecule has 0 aromatic rings. The van der Waals surface area contributed by atoms with Crippen LogP contribution in [-0.4, -0.2) is 28.5 Å². The number of carbonyl (C=O) groups is 1. The third-order valence-corrected chi connectivity index (χ3v) is 5.39. The number of hydrogen-bond donors (Lipinski definition) is 0. The summed E-state index contributed by atoms with van der Waals surface area (Å²) in [5, 5.41) is 0.343. The van der Waals surface area contributed by atoms with Gasteiger partial charge in [0.15, 0.2) is 0 Å². The van der Waals surface area contributed by atoms with E-state index in [9.17, 15) is 4.79 Å². The predicted octanol–water partition coefficient (Wildman–Crippen LogP) is 4.15. The number of carbonyl (C=O) groups excluding carboxylic acids is 1. The Morgan fingerprint density at radius 2 is 2.06 bits per heavy atom. The van der Waals surface area contributed by atoms with Crippen LogP contribution in [0.1, 0.15) is 52.4 Å². The summed E-state index contributed by atoms with van der Waals surface area (Å²) in [6.45, 7) is 5.48. The molecule has 17 heavy (non-hydrogen) atoms. The molecule has 0 radical (unpaired) electrons. The first-order valence-corrected chi connectivity index (χ1v) is 8.16. The zero-order chi connectivity index (χ0) is 12.3. The van der Waals surface area contributed by atoms with Crippen LogP contribution in [0, 0.1) is 11.8 Å². The molecule has 98 valence electrons. The Balaban J connectivity index is 2.01. The van der Waals surface area contributed by atoms with Crippen molar-refractivity contribution in [3.8, 4) is 0 Å². The van der Waals surface area contributed by atoms with Gasteiger partial charge in [0.1, 0.15) is 0 Å². The van der Waals surface area contributed by atoms with Crippen LogP contribution in [0.25, 0.3) is 0 Å². The minimum absolute atomic E-state index is 0.343. The van der Waals surface area contributed by atoms with Gasteiger partial charge in [-0.2, -0.15) is 0 Å². The maximum atomic E-state index is 12.2. The molecular formula is C14H25NOS. The molecule has 1 aliphatic carbocycles. The molecule has 0 N–H and O–H groups in total. The Hall–Kier alpha value is -0.180. The quantitative estimate of drug-likeness (QED) is 0.739. The number of fused-ring (bicyclic) bond motifs is 1. The highest BCUT2D eigenvalue weighted by Gasteiger charge is 2.39. The van der Waals surface area contributed by atoms with Crippen LogP contribution in [0.15, 0.2) is 0 Å². The number of piperidine rings is 1. The molecule has 3 atom stereocenters. The van der Waals surface area contributed by atoms with Crippen molar-refractivity contribution in [1.29, 1.82) is 0 Å². The molecule has 1 aliphatic heterocycles. The SMILES string of the molecule is CCCSC(=O)N1CCCC2CCCC(C)C21. The fraction of sp³-hybridized carbons (Fsp3) is 0.929. The summed E-state index contributed by atoms with van der Waals surface area (Å²) in [5.74, 6) is 2.47. The Bertz CT molecular complexity index is 267. The molecule has 1 saturated carbocycles. The minimum atomic E-state index is 0.343. The second-order valence-electron chi connectivity index (χ2n) is 5.61. The summed E-state index contributed by atoms with van der Waals surface area (Å²) in [5.41, 5.74) is 0. The second-order valence-corrected chi connectivity index (χ2v) is 6.66. The van der Waals surface area contributed by atoms with E-state index in [1.807, 2.05) is 0 Å². The fourth-order valence-electron chi connectivity index (χ4n) is 3.54. The van der Waals surface area contributed by atoms with Gasteiger partial charge in [-0.3, -0.25) is 4.79 Å². The maximum Gasteiger partial charge on any atom is 0.281 e. The van der Waals surface area contributed by atoms with Gasteiger partial charge < -0.3 is 4.90 Å². The van der Waals surface area contributed by atoms with Gasteiger partial charge >= 0.3 is 0 Å². The Labute approximate surface area is 110 Å². The molecular weight excluding hydrogens is 230 g/mol. The minimum Gasteiger partial charge on any atom is -0.330 e. The molecule has 1 heterocycles. The van der Waals surface area contributed by atoms with E-state index in [0.717, 1.165) is 24.6 Å². The molecule has 1 saturated heterocycles. The fourth-order valence-corrected chi connectivity index (χ4v) is 4.30. The van der Waals surface area contributed by atoms with Gasteiger partial charge in [-0.05, 0) is 43.9 Å². The topological polar surface area (TPSA) is 20.3 Å². The second kappa shape index (κ2) is 6.12. The molecule has 0 bridgehead atoms. The van der Waals surface area contributed by atoms with Crippen LogP contribution in [-0.2, 0) is 0 Å². The third kappa shape index (κ3) is 2.98. The highest BCUT2D eigenvalue weighted by Crippen LogP contribution is 2.39. The standard InChI is InChI=1S/C14H25NOS/c1-3-10-17-14(16)15-9-5-8-12-7-4-6-11(2)13(12)15/h11-13H,3-10H2,1-2H3. The third-order valence-electron chi connectivity index (χ3n) is 4.30. The van der Waals surface area contributed by atoms with Crippen molar-refractivity contribution in [1.82, 2.24) is 4.90 Å². The number of amides is 1. The first-order valence-electron chi connectivity index (χ1n) is 7.17. The van der Waals surface area contributed by atoms with E-state index in [1.165, 1.54) is 43.9 Å². The van der Waals surface area contributed by atoms with Gasteiger partial charge in [-0.15, -0.1) is 0 Å². The largest absolute Gasteiger partial charge is 0.330 e. The van der Waals surface area contributed by atoms with Crippen LogP contribution in [0.4, 0.5) is 4.79 Å². The zero-order valence-electron chi connectivity index (χ0n) is 11.2. The highest BCUT2D eigenvalue weighted by molar-refractivity contribution is 8.13. The molecule has 2 nitrogen and oxygen atoms in total. The van der Waals surface area contributed by atoms with Crippen LogP contribution in [0.3, 0.4) is 0 Å². The van der Waals surface area contributed by atoms with Crippen LogP contribution in [0.5, 0.6) is 0 Å². The number of rotatable bonds is 2. The lowest BCUT2D eigenvalue weighted by Crippen LogP contribution is -2.52. The Morgan fingerprint density at radius 3 is 2.82 bits per heavy atom. The summed E-state index contributed by atoms with van der Waals surface area (Å²) >= 11 is 1.53. The van der Waals surface area contributed by atoms with Crippen molar-refractivity contribution in [2.75, 3.05) is 12.3 Å². The average molecular weight is 255 g/mol. The highest BCUT2D eigenvalue weighted by atomic mass is 32.2. The lowest BCUT2D eigenvalue weighted by molar-refractivity contribution is 0.0600. The van der Waals surface area contributed by atoms with Crippen molar-refractivity contribution in [3.05, 3.63) is 0 Å². The van der Waals surface area contributed by atoms with Gasteiger partial charge in [0.05, 0.1) is 0 Å². The Kier molecular flexibility index (Phi) is 4.78. The maximum absolute atomic E-state index is 12.2. The van der Waals surface area contributed by atoms with Gasteiger partial charge in [0.25, 0.3) is 5.24 Å². The Morgan fingerprint density at radius 1 is 1.29 bits per heavy atom. The number of thioether (sulfide) groups is 1. The lowest BCUT2D eigenvalue weighted by Gasteiger charge is -2.47. The van der Waals surface area contributed by atoms with Gasteiger partial charge in [0.2, 0.25) is 0 Å². The summed E-state index contributed by atoms with van der Waals surface area (Å²) in [6, 6.07) is 0.550. The molecule has 1 amide bonds. The normalized spacial score (nSPS) is 33.3. The molecule has 0 aromatic carbocycles. The molecule has 0 aromatic heterocycles. The van der Waals surface area contributed by atoms with Crippen molar-refractivity contribution in [3.63, 3.8) is 0 Å². The van der Waals surface area contributed by atoms with Crippen molar-refractivity contribution >= 4 is 17.0 Å². The number of nitrogens with zero attached hydrogens (tertiary/aromatic N) is 1. The van der Waals surface area contributed by atoms with E-state index >= 15 is 0 Å². The van der Waals surface area contributed by atoms with Gasteiger partial charge in [-0.1, -0.05) is 32.0 Å². The van der Waals surface area contributed by atoms with Crippen molar-refractivity contribution in [2.24, 2.45) is 11.8 Å². The molecule has 3 heteroatoms. The lowest BCUT2D eigenvalue weighted by atomic mass is 9.73. The number of hydrogen-bond acceptors (Lipinski definition) is 2. The predicted molar refractivity (Wildman–Crippen MR) is 74.4 cm³/mol. The monoisotopic (exact) mass is 255 g/mol. The van der Waals surface area contributed by atoms with Crippen molar-refractivity contribution < 1.29 is 4.79 Å². The first-order chi connectivity index (χ1) is 8.24. The summed E-state index contributed by atoms with van der Waals surface area (Å²) in [6.07, 6.45) is 7.67. The average Bonchev–Trinajstić information content (AvgIpc) is 2.35. The zero-order valence-corrected chi connectivity index (χ0v) is 12.0. The van der Waals surface area contributed by atoms with E-state index in [-0.39, 0.29) is 0 Å². The summed E-state index contributed by atoms with van der Waals surface area (Å²) in [7, 11) is 0. The summed E-state index contributed by atoms with van der Waals surface area (Å²) in [4.78, 5) is 14.5. The smallest absolute Gasteiger partial charge is 0.281 e. The molecule has 2 rings (SSSR count). The molecule has 2 fully saturated rings. The van der Waals surface area contributed by atoms with Crippen LogP contribution in [0.2, 0.25) is 0 Å². The number of likely N-dealkylation sites (tertiary alicyclic amines) is 1. The van der Waals surface area contributed by atoms with Gasteiger partial charge in [-0.25, -0.2) is 0 Å². The van der Waals surface area contributed by atoms with E-state index in [0.29, 0.717) is 17.2 Å². The van der Waals surface area contributed by atoms with E-state index in [4.69, 9.17) is 0 Å². The molecule has 0 spiro atoms. The van der Waals surface area contributed by atoms with E-state index in [1.54, 1.807) is 0 Å².